The molecule has 0 bridgehead atoms. The molecule has 0 saturated carbocycles. The molecule has 0 aromatic carbocycles. The quantitative estimate of drug-likeness (QED) is 0.470. The first-order valence-electron chi connectivity index (χ1n) is 2.29. The van der Waals surface area contributed by atoms with Crippen LogP contribution in [0.25, 0.3) is 0 Å². The van der Waals surface area contributed by atoms with E-state index in [1.165, 1.54) is 3.77 Å². The Morgan fingerprint density at radius 3 is 2.90 bits per heavy atom. The van der Waals surface area contributed by atoms with Crippen molar-refractivity contribution in [3.8, 4) is 0 Å². The maximum absolute atomic E-state index is 10.5. The maximum atomic E-state index is 10.5. The Bertz CT molecular complexity index is 246. The van der Waals surface area contributed by atoms with E-state index in [1.54, 1.807) is 11.8 Å². The van der Waals surface area contributed by atoms with Gasteiger partial charge in [0.15, 0.2) is 0 Å². The molecule has 0 N–H and O–H groups in total. The van der Waals surface area contributed by atoms with Gasteiger partial charge >= 0.3 is 80.1 Å². The van der Waals surface area contributed by atoms with Crippen molar-refractivity contribution < 1.29 is 8.02 Å². The van der Waals surface area contributed by atoms with Gasteiger partial charge in [0.05, 0.1) is 0 Å². The predicted octanol–water partition coefficient (Wildman–Crippen LogP) is -1.71. The summed E-state index contributed by atoms with van der Waals surface area (Å²) in [7, 11) is 0. The van der Waals surface area contributed by atoms with Crippen LogP contribution in [0.2, 0.25) is 0 Å². The van der Waals surface area contributed by atoms with Crippen LogP contribution < -0.4 is 6.40 Å². The van der Waals surface area contributed by atoms with Crippen molar-refractivity contribution in [3.63, 3.8) is 0 Å². The second-order valence-electron chi connectivity index (χ2n) is 1.35. The molecule has 0 aliphatic rings. The zero-order valence-electron chi connectivity index (χ0n) is 5.03. The van der Waals surface area contributed by atoms with E-state index in [-0.39, 0.29) is 29.0 Å². The summed E-state index contributed by atoms with van der Waals surface area (Å²) in [5, 5.41) is 0. The summed E-state index contributed by atoms with van der Waals surface area (Å²) in [5.74, 6) is 0. The van der Waals surface area contributed by atoms with Gasteiger partial charge in [0.2, 0.25) is 0 Å². The summed E-state index contributed by atoms with van der Waals surface area (Å²) >= 11 is -0.722. The third-order valence-electron chi connectivity index (χ3n) is 0.773. The van der Waals surface area contributed by atoms with Crippen molar-refractivity contribution in [2.24, 2.45) is 0 Å². The molecular weight excluding hydrogens is 349 g/mol. The van der Waals surface area contributed by atoms with Crippen LogP contribution in [0.15, 0.2) is 8.71 Å². The molecule has 0 spiro atoms. The van der Waals surface area contributed by atoms with Gasteiger partial charge in [0.25, 0.3) is 0 Å². The van der Waals surface area contributed by atoms with E-state index < -0.39 is 14.2 Å². The van der Waals surface area contributed by atoms with E-state index in [2.05, 4.69) is 4.94 Å². The van der Waals surface area contributed by atoms with Crippen LogP contribution in [-0.4, -0.2) is 49.4 Å². The van der Waals surface area contributed by atoms with E-state index >= 15 is 0 Å². The molecule has 10 heavy (non-hydrogen) atoms. The number of hydrogen-bond donors (Lipinski definition) is 0. The van der Waals surface area contributed by atoms with Gasteiger partial charge in [-0.1, -0.05) is 0 Å². The minimum absolute atomic E-state index is 0.173. The average molecular weight is 353 g/mol. The van der Waals surface area contributed by atoms with Crippen molar-refractivity contribution in [2.45, 2.75) is 3.77 Å². The fraction of sp³-hybridized carbons (Fsp3) is 0.250. The zero-order chi connectivity index (χ0) is 7.56. The summed E-state index contributed by atoms with van der Waals surface area (Å²) in [4.78, 5) is 2.08. The molecule has 1 heterocycles. The van der Waals surface area contributed by atoms with Crippen molar-refractivity contribution in [3.05, 3.63) is 4.94 Å². The van der Waals surface area contributed by atoms with E-state index in [1.807, 2.05) is 6.26 Å². The molecule has 0 amide bonds. The van der Waals surface area contributed by atoms with Crippen LogP contribution in [-0.2, 0) is 3.83 Å². The number of hydrogen-bond acceptors (Lipinski definition) is 3. The molecular formula is C4H4O2SSe3. The van der Waals surface area contributed by atoms with Gasteiger partial charge in [-0.15, -0.1) is 0 Å². The number of rotatable bonds is 2. The monoisotopic (exact) mass is 356 g/mol. The van der Waals surface area contributed by atoms with E-state index in [4.69, 9.17) is 0 Å². The molecule has 6 heteroatoms. The fourth-order valence-corrected chi connectivity index (χ4v) is 11.1. The van der Waals surface area contributed by atoms with Crippen molar-refractivity contribution in [1.29, 1.82) is 0 Å². The first-order valence-corrected chi connectivity index (χ1v) is 9.33. The Labute approximate surface area is 79.6 Å². The Kier molecular flexibility index (Phi) is 4.07. The topological polar surface area (TPSA) is 40.1 Å². The summed E-state index contributed by atoms with van der Waals surface area (Å²) in [6.07, 6.45) is 2.00. The summed E-state index contributed by atoms with van der Waals surface area (Å²) < 4.78 is 23.1. The standard InChI is InChI=1S/C4H4O2SSe3/c1-7-3-2-8-4(9-3)10(5)6/h2H,1H3. The van der Waals surface area contributed by atoms with Crippen LogP contribution in [0.1, 0.15) is 0 Å². The Morgan fingerprint density at radius 2 is 2.60 bits per heavy atom. The fourth-order valence-electron chi connectivity index (χ4n) is 0.390. The van der Waals surface area contributed by atoms with Crippen molar-refractivity contribution in [2.75, 3.05) is 6.26 Å². The van der Waals surface area contributed by atoms with Crippen LogP contribution in [0, 0.1) is 0 Å². The van der Waals surface area contributed by atoms with Crippen LogP contribution >= 0.6 is 11.8 Å². The van der Waals surface area contributed by atoms with Gasteiger partial charge in [-0.05, 0) is 0 Å². The van der Waals surface area contributed by atoms with Gasteiger partial charge in [0.1, 0.15) is 0 Å². The zero-order valence-corrected chi connectivity index (χ0v) is 11.0. The molecule has 0 saturated heterocycles. The van der Waals surface area contributed by atoms with Crippen LogP contribution in [0.4, 0.5) is 0 Å². The van der Waals surface area contributed by atoms with Gasteiger partial charge in [0, 0.05) is 0 Å². The Morgan fingerprint density at radius 1 is 1.90 bits per heavy atom. The normalized spacial score (nSPS) is 13.4. The molecule has 0 aliphatic carbocycles. The SMILES string of the molecule is CSc1c[se+]c([Se](=O)[O-])[se]1. The van der Waals surface area contributed by atoms with Gasteiger partial charge in [-0.2, -0.15) is 0 Å². The van der Waals surface area contributed by atoms with Gasteiger partial charge in [-0.25, -0.2) is 0 Å². The summed E-state index contributed by atoms with van der Waals surface area (Å²) in [6, 6.07) is 0. The third kappa shape index (κ3) is 2.40. The molecule has 0 fully saturated rings. The van der Waals surface area contributed by atoms with Crippen molar-refractivity contribution in [1.82, 2.24) is 0 Å². The van der Waals surface area contributed by atoms with E-state index in [0.717, 1.165) is 2.21 Å². The van der Waals surface area contributed by atoms with Crippen LogP contribution in [0.3, 0.4) is 0 Å². The summed E-state index contributed by atoms with van der Waals surface area (Å²) in [5.41, 5.74) is 0. The average Bonchev–Trinajstić information content (AvgIpc) is 2.34. The molecule has 0 aliphatic heterocycles. The van der Waals surface area contributed by atoms with Gasteiger partial charge < -0.3 is 0 Å². The van der Waals surface area contributed by atoms with Gasteiger partial charge in [-0.3, -0.25) is 0 Å². The Balaban J connectivity index is 2.88. The second kappa shape index (κ2) is 4.34. The Hall–Kier alpha value is 1.28. The first kappa shape index (κ1) is 9.37. The number of thioether (sulfide) groups is 1. The van der Waals surface area contributed by atoms with Crippen molar-refractivity contribution >= 4 is 57.1 Å². The summed E-state index contributed by atoms with van der Waals surface area (Å²) in [6.45, 7) is 0. The third-order valence-corrected chi connectivity index (χ3v) is 13.5. The molecule has 2 nitrogen and oxygen atoms in total. The first-order chi connectivity index (χ1) is 4.74. The molecule has 1 aromatic rings. The molecule has 1 aromatic heterocycles. The minimum atomic E-state index is -2.75. The molecule has 56 valence electrons. The molecule has 1 unspecified atom stereocenters. The van der Waals surface area contributed by atoms with E-state index in [9.17, 15) is 8.02 Å². The second-order valence-corrected chi connectivity index (χ2v) is 12.6. The molecule has 1 atom stereocenters. The predicted molar refractivity (Wildman–Crippen MR) is 42.6 cm³/mol. The van der Waals surface area contributed by atoms with Crippen LogP contribution in [0.5, 0.6) is 0 Å². The molecule has 1 rings (SSSR count). The molecule has 0 radical (unpaired) electrons. The van der Waals surface area contributed by atoms with E-state index in [0.29, 0.717) is 0 Å².